The number of nitrogens with one attached hydrogen (secondary N) is 1. The lowest BCUT2D eigenvalue weighted by Crippen LogP contribution is -2.44. The van der Waals surface area contributed by atoms with Gasteiger partial charge >= 0.3 is 0 Å². The molecule has 1 amide bonds. The van der Waals surface area contributed by atoms with E-state index in [1.54, 1.807) is 0 Å². The molecular weight excluding hydrogens is 350 g/mol. The van der Waals surface area contributed by atoms with Crippen LogP contribution in [0.1, 0.15) is 80.2 Å². The van der Waals surface area contributed by atoms with Crippen molar-refractivity contribution in [1.82, 2.24) is 14.8 Å². The molecule has 2 heterocycles. The molecule has 0 aromatic carbocycles. The molecule has 0 radical (unpaired) electrons. The fourth-order valence-electron chi connectivity index (χ4n) is 5.01. The summed E-state index contributed by atoms with van der Waals surface area (Å²) in [5.41, 5.74) is 4.04. The zero-order valence-electron chi connectivity index (χ0n) is 18.4. The molecule has 156 valence electrons. The quantitative estimate of drug-likeness (QED) is 0.813. The van der Waals surface area contributed by atoms with Crippen LogP contribution in [0.2, 0.25) is 0 Å². The van der Waals surface area contributed by atoms with E-state index >= 15 is 0 Å². The zero-order valence-corrected chi connectivity index (χ0v) is 18.4. The molecule has 0 unspecified atom stereocenters. The molecule has 3 rings (SSSR count). The predicted molar refractivity (Wildman–Crippen MR) is 113 cm³/mol. The number of aromatic nitrogens is 1. The zero-order chi connectivity index (χ0) is 20.5. The number of carbonyl (C=O) groups is 2. The van der Waals surface area contributed by atoms with Crippen LogP contribution in [0.15, 0.2) is 0 Å². The van der Waals surface area contributed by atoms with E-state index in [2.05, 4.69) is 49.5 Å². The first-order valence-electron chi connectivity index (χ1n) is 10.9. The van der Waals surface area contributed by atoms with Gasteiger partial charge in [-0.25, -0.2) is 0 Å². The molecule has 2 aliphatic rings. The first-order valence-corrected chi connectivity index (χ1v) is 10.9. The first-order chi connectivity index (χ1) is 13.2. The number of amides is 1. The number of ketones is 1. The van der Waals surface area contributed by atoms with Gasteiger partial charge in [0.2, 0.25) is 5.91 Å². The Morgan fingerprint density at radius 2 is 2.00 bits per heavy atom. The Labute approximate surface area is 169 Å². The van der Waals surface area contributed by atoms with Gasteiger partial charge < -0.3 is 14.8 Å². The molecule has 1 atom stereocenters. The van der Waals surface area contributed by atoms with Crippen molar-refractivity contribution >= 4 is 11.7 Å². The van der Waals surface area contributed by atoms with Crippen molar-refractivity contribution in [3.05, 3.63) is 22.5 Å². The number of Topliss-reactive ketones (excluding diaryl/α,β-unsaturated/α-hetero) is 1. The fraction of sp³-hybridized carbons (Fsp3) is 0.739. The van der Waals surface area contributed by atoms with Crippen LogP contribution in [0.3, 0.4) is 0 Å². The second-order valence-electron chi connectivity index (χ2n) is 9.59. The minimum absolute atomic E-state index is 0.00847. The summed E-state index contributed by atoms with van der Waals surface area (Å²) in [6.07, 6.45) is 6.44. The third-order valence-corrected chi connectivity index (χ3v) is 6.56. The van der Waals surface area contributed by atoms with Crippen molar-refractivity contribution in [2.45, 2.75) is 85.2 Å². The summed E-state index contributed by atoms with van der Waals surface area (Å²) in [5, 5.41) is 3.14. The summed E-state index contributed by atoms with van der Waals surface area (Å²) in [6, 6.07) is 0.430. The highest BCUT2D eigenvalue weighted by Crippen LogP contribution is 2.39. The van der Waals surface area contributed by atoms with Gasteiger partial charge in [0.25, 0.3) is 0 Å². The van der Waals surface area contributed by atoms with Gasteiger partial charge in [-0.1, -0.05) is 27.2 Å². The number of carbonyl (C=O) groups excluding carboxylic acids is 2. The molecule has 1 aliphatic carbocycles. The molecular formula is C23H37N3O2. The summed E-state index contributed by atoms with van der Waals surface area (Å²) in [6.45, 7) is 11.3. The largest absolute Gasteiger partial charge is 0.354 e. The van der Waals surface area contributed by atoms with Gasteiger partial charge in [0.15, 0.2) is 5.78 Å². The lowest BCUT2D eigenvalue weighted by molar-refractivity contribution is -0.120. The maximum Gasteiger partial charge on any atom is 0.224 e. The summed E-state index contributed by atoms with van der Waals surface area (Å²) in [7, 11) is 2.14. The third-order valence-electron chi connectivity index (χ3n) is 6.56. The average Bonchev–Trinajstić information content (AvgIpc) is 2.86. The number of likely N-dealkylation sites (tertiary alicyclic amines) is 1. The number of likely N-dealkylation sites (N-methyl/N-ethyl adjacent to an activating group) is 1. The topological polar surface area (TPSA) is 54.3 Å². The van der Waals surface area contributed by atoms with Crippen LogP contribution < -0.4 is 5.32 Å². The molecule has 1 saturated heterocycles. The number of rotatable bonds is 6. The first kappa shape index (κ1) is 21.1. The van der Waals surface area contributed by atoms with E-state index in [9.17, 15) is 9.59 Å². The highest BCUT2D eigenvalue weighted by Gasteiger charge is 2.36. The molecule has 0 spiro atoms. The monoisotopic (exact) mass is 387 g/mol. The molecule has 1 aromatic rings. The van der Waals surface area contributed by atoms with Gasteiger partial charge in [-0.2, -0.15) is 0 Å². The van der Waals surface area contributed by atoms with Crippen molar-refractivity contribution in [3.63, 3.8) is 0 Å². The lowest BCUT2D eigenvalue weighted by atomic mass is 9.75. The van der Waals surface area contributed by atoms with E-state index in [1.165, 1.54) is 12.8 Å². The Morgan fingerprint density at radius 1 is 1.25 bits per heavy atom. The van der Waals surface area contributed by atoms with Crippen molar-refractivity contribution < 1.29 is 9.59 Å². The smallest absolute Gasteiger partial charge is 0.224 e. The molecule has 0 bridgehead atoms. The van der Waals surface area contributed by atoms with Crippen LogP contribution in [-0.2, 0) is 24.2 Å². The van der Waals surface area contributed by atoms with Crippen LogP contribution in [0.25, 0.3) is 0 Å². The van der Waals surface area contributed by atoms with Crippen molar-refractivity contribution in [2.75, 3.05) is 20.1 Å². The second kappa shape index (κ2) is 8.40. The second-order valence-corrected chi connectivity index (χ2v) is 9.59. The van der Waals surface area contributed by atoms with Crippen LogP contribution in [0.5, 0.6) is 0 Å². The van der Waals surface area contributed by atoms with E-state index in [0.717, 1.165) is 54.9 Å². The minimum atomic E-state index is -0.00847. The van der Waals surface area contributed by atoms with Crippen LogP contribution in [0, 0.1) is 12.3 Å². The standard InChI is InChI=1S/C23H37N3O2/c1-6-10-26-16(2)18(22-19(26)13-23(3,4)14-20(22)27)12-21(28)24-15-17-9-7-8-11-25(17)5/h17H,6-15H2,1-5H3,(H,24,28)/t17-/m0/s1. The van der Waals surface area contributed by atoms with E-state index in [1.807, 2.05) is 0 Å². The molecule has 1 N–H and O–H groups in total. The number of piperidine rings is 1. The third kappa shape index (κ3) is 4.35. The Hall–Kier alpha value is -1.62. The summed E-state index contributed by atoms with van der Waals surface area (Å²) >= 11 is 0. The van der Waals surface area contributed by atoms with Gasteiger partial charge in [0, 0.05) is 42.5 Å². The van der Waals surface area contributed by atoms with E-state index < -0.39 is 0 Å². The van der Waals surface area contributed by atoms with Gasteiger partial charge in [-0.3, -0.25) is 9.59 Å². The van der Waals surface area contributed by atoms with Crippen molar-refractivity contribution in [1.29, 1.82) is 0 Å². The Kier molecular flexibility index (Phi) is 6.33. The molecule has 0 saturated carbocycles. The van der Waals surface area contributed by atoms with Crippen LogP contribution >= 0.6 is 0 Å². The van der Waals surface area contributed by atoms with Crippen LogP contribution in [0.4, 0.5) is 0 Å². The lowest BCUT2D eigenvalue weighted by Gasteiger charge is -2.32. The minimum Gasteiger partial charge on any atom is -0.354 e. The SMILES string of the molecule is CCCn1c(C)c(CC(=O)NC[C@@H]2CCCCN2C)c2c1CC(C)(C)CC2=O. The van der Waals surface area contributed by atoms with Gasteiger partial charge in [-0.15, -0.1) is 0 Å². The average molecular weight is 388 g/mol. The van der Waals surface area contributed by atoms with Crippen molar-refractivity contribution in [3.8, 4) is 0 Å². The Bertz CT molecular complexity index is 748. The highest BCUT2D eigenvalue weighted by molar-refractivity contribution is 6.01. The predicted octanol–water partition coefficient (Wildman–Crippen LogP) is 3.50. The van der Waals surface area contributed by atoms with Gasteiger partial charge in [0.05, 0.1) is 6.42 Å². The van der Waals surface area contributed by atoms with E-state index in [-0.39, 0.29) is 17.1 Å². The summed E-state index contributed by atoms with van der Waals surface area (Å²) in [5.74, 6) is 0.246. The molecule has 5 heteroatoms. The van der Waals surface area contributed by atoms with Crippen molar-refractivity contribution in [2.24, 2.45) is 5.41 Å². The molecule has 5 nitrogen and oxygen atoms in total. The molecule has 1 fully saturated rings. The molecule has 28 heavy (non-hydrogen) atoms. The molecule has 1 aromatic heterocycles. The van der Waals surface area contributed by atoms with Crippen LogP contribution in [-0.4, -0.2) is 47.3 Å². The number of hydrogen-bond acceptors (Lipinski definition) is 3. The van der Waals surface area contributed by atoms with E-state index in [4.69, 9.17) is 0 Å². The normalized spacial score (nSPS) is 22.2. The van der Waals surface area contributed by atoms with E-state index in [0.29, 0.717) is 25.4 Å². The Morgan fingerprint density at radius 3 is 2.68 bits per heavy atom. The summed E-state index contributed by atoms with van der Waals surface area (Å²) < 4.78 is 2.30. The molecule has 1 aliphatic heterocycles. The number of hydrogen-bond donors (Lipinski definition) is 1. The maximum atomic E-state index is 13.0. The Balaban J connectivity index is 1.78. The maximum absolute atomic E-state index is 13.0. The fourth-order valence-corrected chi connectivity index (χ4v) is 5.01. The number of nitrogens with zero attached hydrogens (tertiary/aromatic N) is 2. The number of fused-ring (bicyclic) bond motifs is 1. The van der Waals surface area contributed by atoms with Gasteiger partial charge in [0.1, 0.15) is 0 Å². The highest BCUT2D eigenvalue weighted by atomic mass is 16.1. The summed E-state index contributed by atoms with van der Waals surface area (Å²) in [4.78, 5) is 28.1. The van der Waals surface area contributed by atoms with Gasteiger partial charge in [-0.05, 0) is 57.2 Å².